The second-order valence-electron chi connectivity index (χ2n) is 3.02. The Kier molecular flexibility index (Phi) is 2.43. The van der Waals surface area contributed by atoms with Crippen LogP contribution in [0.4, 0.5) is 0 Å². The zero-order valence-corrected chi connectivity index (χ0v) is 7.77. The van der Waals surface area contributed by atoms with E-state index in [1.165, 1.54) is 6.39 Å². The van der Waals surface area contributed by atoms with E-state index in [0.717, 1.165) is 5.56 Å². The van der Waals surface area contributed by atoms with Crippen LogP contribution < -0.4 is 5.32 Å². The van der Waals surface area contributed by atoms with Crippen molar-refractivity contribution in [2.45, 2.75) is 6.10 Å². The lowest BCUT2D eigenvalue weighted by atomic mass is 10.1. The fourth-order valence-corrected chi connectivity index (χ4v) is 1.27. The third-order valence-electron chi connectivity index (χ3n) is 1.99. The lowest BCUT2D eigenvalue weighted by Gasteiger charge is -2.08. The standard InChI is InChI=1S/C9H11N3O2/c1-10-4-8(13)6-2-7-9(11-3-6)14-5-12-7/h2-3,5,8,10,13H,4H2,1H3. The van der Waals surface area contributed by atoms with Gasteiger partial charge in [-0.2, -0.15) is 0 Å². The second kappa shape index (κ2) is 3.73. The molecule has 1 unspecified atom stereocenters. The number of aliphatic hydroxyl groups is 1. The van der Waals surface area contributed by atoms with E-state index in [4.69, 9.17) is 4.42 Å². The van der Waals surface area contributed by atoms with Crippen LogP contribution in [0.15, 0.2) is 23.1 Å². The Morgan fingerprint density at radius 3 is 3.21 bits per heavy atom. The Balaban J connectivity index is 2.33. The summed E-state index contributed by atoms with van der Waals surface area (Å²) in [6, 6.07) is 1.77. The molecule has 2 rings (SSSR count). The Bertz CT molecular complexity index is 427. The smallest absolute Gasteiger partial charge is 0.246 e. The van der Waals surface area contributed by atoms with Crippen LogP contribution in [0.5, 0.6) is 0 Å². The van der Waals surface area contributed by atoms with Gasteiger partial charge >= 0.3 is 0 Å². The monoisotopic (exact) mass is 193 g/mol. The van der Waals surface area contributed by atoms with Crippen molar-refractivity contribution in [1.82, 2.24) is 15.3 Å². The van der Waals surface area contributed by atoms with Crippen molar-refractivity contribution in [3.63, 3.8) is 0 Å². The molecule has 0 aliphatic carbocycles. The zero-order valence-electron chi connectivity index (χ0n) is 7.77. The van der Waals surface area contributed by atoms with Crippen molar-refractivity contribution in [1.29, 1.82) is 0 Å². The van der Waals surface area contributed by atoms with Gasteiger partial charge in [0.15, 0.2) is 6.39 Å². The van der Waals surface area contributed by atoms with E-state index >= 15 is 0 Å². The van der Waals surface area contributed by atoms with Gasteiger partial charge in [-0.3, -0.25) is 0 Å². The van der Waals surface area contributed by atoms with Crippen molar-refractivity contribution < 1.29 is 9.52 Å². The minimum absolute atomic E-state index is 0.491. The molecule has 0 amide bonds. The summed E-state index contributed by atoms with van der Waals surface area (Å²) < 4.78 is 4.99. The van der Waals surface area contributed by atoms with Crippen molar-refractivity contribution in [2.24, 2.45) is 0 Å². The molecule has 2 aromatic rings. The van der Waals surface area contributed by atoms with Crippen molar-refractivity contribution >= 4 is 11.2 Å². The summed E-state index contributed by atoms with van der Waals surface area (Å²) in [5.74, 6) is 0. The van der Waals surface area contributed by atoms with E-state index in [1.54, 1.807) is 19.3 Å². The van der Waals surface area contributed by atoms with Gasteiger partial charge in [0.1, 0.15) is 5.52 Å². The number of pyridine rings is 1. The number of nitrogens with one attached hydrogen (secondary N) is 1. The molecule has 74 valence electrons. The number of rotatable bonds is 3. The maximum atomic E-state index is 9.66. The molecule has 0 aliphatic rings. The summed E-state index contributed by atoms with van der Waals surface area (Å²) in [5.41, 5.74) is 1.89. The van der Waals surface area contributed by atoms with Crippen LogP contribution in [-0.2, 0) is 0 Å². The summed E-state index contributed by atoms with van der Waals surface area (Å²) in [6.07, 6.45) is 2.37. The van der Waals surface area contributed by atoms with E-state index in [0.29, 0.717) is 17.8 Å². The minimum atomic E-state index is -0.561. The molecule has 0 aromatic carbocycles. The van der Waals surface area contributed by atoms with Gasteiger partial charge in [0.25, 0.3) is 0 Å². The third kappa shape index (κ3) is 1.59. The van der Waals surface area contributed by atoms with Gasteiger partial charge in [-0.1, -0.05) is 0 Å². The summed E-state index contributed by atoms with van der Waals surface area (Å²) in [6.45, 7) is 0.491. The number of fused-ring (bicyclic) bond motifs is 1. The molecule has 14 heavy (non-hydrogen) atoms. The molecule has 5 nitrogen and oxygen atoms in total. The van der Waals surface area contributed by atoms with Crippen LogP contribution in [-0.4, -0.2) is 28.7 Å². The van der Waals surface area contributed by atoms with Crippen molar-refractivity contribution in [3.05, 3.63) is 24.2 Å². The molecule has 0 bridgehead atoms. The highest BCUT2D eigenvalue weighted by molar-refractivity contribution is 5.67. The first-order chi connectivity index (χ1) is 6.81. The van der Waals surface area contributed by atoms with Gasteiger partial charge in [0, 0.05) is 18.3 Å². The van der Waals surface area contributed by atoms with Gasteiger partial charge in [0.05, 0.1) is 6.10 Å². The van der Waals surface area contributed by atoms with Crippen LogP contribution in [0.3, 0.4) is 0 Å². The van der Waals surface area contributed by atoms with E-state index in [-0.39, 0.29) is 0 Å². The predicted molar refractivity (Wildman–Crippen MR) is 50.7 cm³/mol. The average Bonchev–Trinajstić information content (AvgIpc) is 2.64. The topological polar surface area (TPSA) is 71.2 Å². The SMILES string of the molecule is CNCC(O)c1cnc2ocnc2c1. The molecule has 2 heterocycles. The molecular formula is C9H11N3O2. The minimum Gasteiger partial charge on any atom is -0.425 e. The molecular weight excluding hydrogens is 182 g/mol. The van der Waals surface area contributed by atoms with E-state index in [1.807, 2.05) is 0 Å². The fourth-order valence-electron chi connectivity index (χ4n) is 1.27. The number of hydrogen-bond acceptors (Lipinski definition) is 5. The maximum Gasteiger partial charge on any atom is 0.246 e. The van der Waals surface area contributed by atoms with E-state index < -0.39 is 6.10 Å². The number of oxazole rings is 1. The van der Waals surface area contributed by atoms with Gasteiger partial charge in [-0.25, -0.2) is 9.97 Å². The number of aromatic nitrogens is 2. The Morgan fingerprint density at radius 1 is 1.57 bits per heavy atom. The summed E-state index contributed by atoms with van der Waals surface area (Å²) in [5, 5.41) is 12.5. The van der Waals surface area contributed by atoms with Gasteiger partial charge in [-0.05, 0) is 13.1 Å². The molecule has 0 aliphatic heterocycles. The molecule has 5 heteroatoms. The zero-order chi connectivity index (χ0) is 9.97. The Morgan fingerprint density at radius 2 is 2.43 bits per heavy atom. The first kappa shape index (κ1) is 9.11. The third-order valence-corrected chi connectivity index (χ3v) is 1.99. The highest BCUT2D eigenvalue weighted by Crippen LogP contribution is 2.16. The number of nitrogens with zero attached hydrogens (tertiary/aromatic N) is 2. The second-order valence-corrected chi connectivity index (χ2v) is 3.02. The van der Waals surface area contributed by atoms with Gasteiger partial charge < -0.3 is 14.8 Å². The molecule has 2 aromatic heterocycles. The average molecular weight is 193 g/mol. The highest BCUT2D eigenvalue weighted by atomic mass is 16.3. The lowest BCUT2D eigenvalue weighted by Crippen LogP contribution is -2.16. The van der Waals surface area contributed by atoms with Crippen LogP contribution in [0.1, 0.15) is 11.7 Å². The highest BCUT2D eigenvalue weighted by Gasteiger charge is 2.09. The lowest BCUT2D eigenvalue weighted by molar-refractivity contribution is 0.177. The largest absolute Gasteiger partial charge is 0.425 e. The van der Waals surface area contributed by atoms with E-state index in [9.17, 15) is 5.11 Å². The molecule has 0 radical (unpaired) electrons. The van der Waals surface area contributed by atoms with Crippen molar-refractivity contribution in [2.75, 3.05) is 13.6 Å². The van der Waals surface area contributed by atoms with Crippen LogP contribution in [0.2, 0.25) is 0 Å². The number of aliphatic hydroxyl groups excluding tert-OH is 1. The summed E-state index contributed by atoms with van der Waals surface area (Å²) >= 11 is 0. The van der Waals surface area contributed by atoms with Crippen LogP contribution in [0, 0.1) is 0 Å². The molecule has 1 atom stereocenters. The number of hydrogen-bond donors (Lipinski definition) is 2. The maximum absolute atomic E-state index is 9.66. The first-order valence-electron chi connectivity index (χ1n) is 4.33. The van der Waals surface area contributed by atoms with Crippen LogP contribution >= 0.6 is 0 Å². The predicted octanol–water partition coefficient (Wildman–Crippen LogP) is 0.476. The quantitative estimate of drug-likeness (QED) is 0.741. The summed E-state index contributed by atoms with van der Waals surface area (Å²) in [4.78, 5) is 7.99. The molecule has 0 saturated heterocycles. The molecule has 2 N–H and O–H groups in total. The first-order valence-corrected chi connectivity index (χ1v) is 4.33. The normalized spacial score (nSPS) is 13.3. The molecule has 0 fully saturated rings. The van der Waals surface area contributed by atoms with E-state index in [2.05, 4.69) is 15.3 Å². The fraction of sp³-hybridized carbons (Fsp3) is 0.333. The van der Waals surface area contributed by atoms with Crippen molar-refractivity contribution in [3.8, 4) is 0 Å². The summed E-state index contributed by atoms with van der Waals surface area (Å²) in [7, 11) is 1.78. The Hall–Kier alpha value is -1.46. The van der Waals surface area contributed by atoms with Crippen LogP contribution in [0.25, 0.3) is 11.2 Å². The Labute approximate surface area is 80.8 Å². The van der Waals surface area contributed by atoms with Gasteiger partial charge in [0.2, 0.25) is 5.71 Å². The molecule has 0 saturated carbocycles. The number of likely N-dealkylation sites (N-methyl/N-ethyl adjacent to an activating group) is 1. The molecule has 0 spiro atoms. The van der Waals surface area contributed by atoms with Gasteiger partial charge in [-0.15, -0.1) is 0 Å².